The van der Waals surface area contributed by atoms with E-state index in [1.54, 1.807) is 17.0 Å². The molecule has 2 aliphatic heterocycles. The summed E-state index contributed by atoms with van der Waals surface area (Å²) >= 11 is 0. The van der Waals surface area contributed by atoms with Crippen molar-refractivity contribution in [3.63, 3.8) is 0 Å². The quantitative estimate of drug-likeness (QED) is 0.507. The molecule has 2 saturated heterocycles. The largest absolute Gasteiger partial charge is 0.346 e. The summed E-state index contributed by atoms with van der Waals surface area (Å²) in [7, 11) is 0. The summed E-state index contributed by atoms with van der Waals surface area (Å²) in [5.74, 6) is -0.191. The Bertz CT molecular complexity index is 660. The monoisotopic (exact) mass is 305 g/mol. The van der Waals surface area contributed by atoms with Crippen LogP contribution in [0.4, 0.5) is 5.69 Å². The van der Waals surface area contributed by atoms with Crippen molar-refractivity contribution in [2.24, 2.45) is 5.73 Å². The molecule has 0 bridgehead atoms. The minimum Gasteiger partial charge on any atom is -0.346 e. The first-order valence-corrected chi connectivity index (χ1v) is 7.22. The van der Waals surface area contributed by atoms with Crippen molar-refractivity contribution in [1.82, 2.24) is 4.90 Å². The van der Waals surface area contributed by atoms with Crippen LogP contribution in [0.3, 0.4) is 0 Å². The zero-order valence-corrected chi connectivity index (χ0v) is 12.8. The molecule has 2 fully saturated rings. The number of fused-ring (bicyclic) bond motifs is 1. The smallest absolute Gasteiger partial charge is 0.269 e. The first-order chi connectivity index (χ1) is 10.2. The SMILES string of the molecule is CC1CC(C)(C)N2C(=O)C(N)C2(c2cccc([N+](=O)[O-])c2)O1. The van der Waals surface area contributed by atoms with Gasteiger partial charge in [-0.1, -0.05) is 12.1 Å². The van der Waals surface area contributed by atoms with Gasteiger partial charge in [0, 0.05) is 23.2 Å². The summed E-state index contributed by atoms with van der Waals surface area (Å²) in [6.45, 7) is 5.84. The number of nitro groups is 1. The lowest BCUT2D eigenvalue weighted by Gasteiger charge is -2.65. The number of amides is 1. The van der Waals surface area contributed by atoms with E-state index in [1.807, 2.05) is 20.8 Å². The highest BCUT2D eigenvalue weighted by Crippen LogP contribution is 2.52. The first kappa shape index (κ1) is 14.9. The molecule has 22 heavy (non-hydrogen) atoms. The van der Waals surface area contributed by atoms with E-state index < -0.39 is 22.2 Å². The molecule has 3 rings (SSSR count). The number of non-ortho nitro benzene ring substituents is 1. The van der Waals surface area contributed by atoms with Crippen molar-refractivity contribution in [1.29, 1.82) is 0 Å². The van der Waals surface area contributed by atoms with Crippen LogP contribution in [-0.4, -0.2) is 33.4 Å². The van der Waals surface area contributed by atoms with Gasteiger partial charge in [0.05, 0.1) is 11.0 Å². The van der Waals surface area contributed by atoms with Crippen LogP contribution in [-0.2, 0) is 15.3 Å². The zero-order valence-electron chi connectivity index (χ0n) is 12.8. The highest BCUT2D eigenvalue weighted by molar-refractivity contribution is 5.92. The summed E-state index contributed by atoms with van der Waals surface area (Å²) in [4.78, 5) is 24.5. The molecule has 2 heterocycles. The Morgan fingerprint density at radius 3 is 2.77 bits per heavy atom. The lowest BCUT2D eigenvalue weighted by Crippen LogP contribution is -2.83. The highest BCUT2D eigenvalue weighted by atomic mass is 16.6. The number of rotatable bonds is 2. The number of carbonyl (C=O) groups excluding carboxylic acids is 1. The van der Waals surface area contributed by atoms with Gasteiger partial charge in [0.2, 0.25) is 5.91 Å². The average Bonchev–Trinajstić information content (AvgIpc) is 2.44. The van der Waals surface area contributed by atoms with Crippen molar-refractivity contribution in [3.8, 4) is 0 Å². The number of nitrogens with zero attached hydrogens (tertiary/aromatic N) is 2. The number of hydrogen-bond acceptors (Lipinski definition) is 5. The molecule has 7 nitrogen and oxygen atoms in total. The normalized spacial score (nSPS) is 33.1. The fourth-order valence-electron chi connectivity index (χ4n) is 3.78. The van der Waals surface area contributed by atoms with E-state index in [0.29, 0.717) is 12.0 Å². The van der Waals surface area contributed by atoms with Crippen LogP contribution in [0.5, 0.6) is 0 Å². The number of benzene rings is 1. The predicted molar refractivity (Wildman–Crippen MR) is 78.8 cm³/mol. The Labute approximate surface area is 128 Å². The van der Waals surface area contributed by atoms with Crippen molar-refractivity contribution < 1.29 is 14.5 Å². The van der Waals surface area contributed by atoms with Crippen molar-refractivity contribution in [2.45, 2.75) is 50.6 Å². The Morgan fingerprint density at radius 1 is 1.45 bits per heavy atom. The third kappa shape index (κ3) is 1.79. The van der Waals surface area contributed by atoms with Gasteiger partial charge in [-0.3, -0.25) is 14.9 Å². The number of ether oxygens (including phenoxy) is 1. The maximum absolute atomic E-state index is 12.3. The first-order valence-electron chi connectivity index (χ1n) is 7.22. The zero-order chi connectivity index (χ0) is 16.3. The van der Waals surface area contributed by atoms with E-state index in [-0.39, 0.29) is 17.7 Å². The second-order valence-electron chi connectivity index (χ2n) is 6.60. The van der Waals surface area contributed by atoms with Crippen molar-refractivity contribution >= 4 is 11.6 Å². The standard InChI is InChI=1S/C15H19N3O4/c1-9-8-14(2,3)17-13(19)12(16)15(17,22-9)10-5-4-6-11(7-10)18(20)21/h4-7,9,12H,8,16H2,1-3H3. The van der Waals surface area contributed by atoms with Gasteiger partial charge in [-0.25, -0.2) is 0 Å². The van der Waals surface area contributed by atoms with Crippen molar-refractivity contribution in [2.75, 3.05) is 0 Å². The van der Waals surface area contributed by atoms with Gasteiger partial charge in [-0.05, 0) is 27.2 Å². The van der Waals surface area contributed by atoms with Crippen LogP contribution >= 0.6 is 0 Å². The number of nitro benzene ring substituents is 1. The minimum absolute atomic E-state index is 0.0435. The summed E-state index contributed by atoms with van der Waals surface area (Å²) in [6.07, 6.45) is 0.576. The van der Waals surface area contributed by atoms with E-state index in [2.05, 4.69) is 0 Å². The molecule has 0 aliphatic carbocycles. The molecule has 3 unspecified atom stereocenters. The van der Waals surface area contributed by atoms with Gasteiger partial charge in [0.1, 0.15) is 6.04 Å². The Kier molecular flexibility index (Phi) is 3.05. The Hall–Kier alpha value is -1.99. The molecule has 1 amide bonds. The summed E-state index contributed by atoms with van der Waals surface area (Å²) in [5, 5.41) is 11.0. The number of nitrogens with two attached hydrogens (primary N) is 1. The van der Waals surface area contributed by atoms with Crippen molar-refractivity contribution in [3.05, 3.63) is 39.9 Å². The molecule has 0 aromatic heterocycles. The summed E-state index contributed by atoms with van der Waals surface area (Å²) in [5.41, 5.74) is 5.03. The fraction of sp³-hybridized carbons (Fsp3) is 0.533. The molecule has 1 aromatic carbocycles. The highest BCUT2D eigenvalue weighted by Gasteiger charge is 2.68. The molecule has 0 spiro atoms. The van der Waals surface area contributed by atoms with Gasteiger partial charge in [0.15, 0.2) is 5.72 Å². The molecule has 118 valence electrons. The van der Waals surface area contributed by atoms with E-state index >= 15 is 0 Å². The van der Waals surface area contributed by atoms with Gasteiger partial charge in [0.25, 0.3) is 5.69 Å². The van der Waals surface area contributed by atoms with E-state index in [1.165, 1.54) is 12.1 Å². The van der Waals surface area contributed by atoms with E-state index in [4.69, 9.17) is 10.5 Å². The molecule has 3 atom stereocenters. The third-order valence-electron chi connectivity index (χ3n) is 4.48. The Morgan fingerprint density at radius 2 is 2.14 bits per heavy atom. The topological polar surface area (TPSA) is 98.7 Å². The lowest BCUT2D eigenvalue weighted by atomic mass is 9.75. The van der Waals surface area contributed by atoms with E-state index in [0.717, 1.165) is 0 Å². The molecule has 1 aromatic rings. The summed E-state index contributed by atoms with van der Waals surface area (Å²) in [6, 6.07) is 5.31. The van der Waals surface area contributed by atoms with Crippen LogP contribution in [0, 0.1) is 10.1 Å². The fourth-order valence-corrected chi connectivity index (χ4v) is 3.78. The second kappa shape index (κ2) is 4.50. The predicted octanol–water partition coefficient (Wildman–Crippen LogP) is 1.50. The molecular formula is C15H19N3O4. The van der Waals surface area contributed by atoms with Crippen LogP contribution in [0.2, 0.25) is 0 Å². The number of hydrogen-bond donors (Lipinski definition) is 1. The van der Waals surface area contributed by atoms with Gasteiger partial charge < -0.3 is 15.4 Å². The van der Waals surface area contributed by atoms with Crippen LogP contribution < -0.4 is 5.73 Å². The van der Waals surface area contributed by atoms with Crippen LogP contribution in [0.15, 0.2) is 24.3 Å². The summed E-state index contributed by atoms with van der Waals surface area (Å²) < 4.78 is 6.07. The number of β-lactam (4-membered cyclic amide) rings is 1. The molecule has 0 saturated carbocycles. The van der Waals surface area contributed by atoms with Gasteiger partial charge in [-0.2, -0.15) is 0 Å². The molecule has 2 aliphatic rings. The molecule has 0 radical (unpaired) electrons. The van der Waals surface area contributed by atoms with Gasteiger partial charge in [-0.15, -0.1) is 0 Å². The maximum atomic E-state index is 12.3. The Balaban J connectivity index is 2.14. The second-order valence-corrected chi connectivity index (χ2v) is 6.60. The maximum Gasteiger partial charge on any atom is 0.269 e. The van der Waals surface area contributed by atoms with Crippen LogP contribution in [0.1, 0.15) is 32.8 Å². The molecular weight excluding hydrogens is 286 g/mol. The average molecular weight is 305 g/mol. The minimum atomic E-state index is -1.12. The van der Waals surface area contributed by atoms with Crippen LogP contribution in [0.25, 0.3) is 0 Å². The molecule has 7 heteroatoms. The third-order valence-corrected chi connectivity index (χ3v) is 4.48. The number of carbonyl (C=O) groups is 1. The molecule has 2 N–H and O–H groups in total. The van der Waals surface area contributed by atoms with E-state index in [9.17, 15) is 14.9 Å². The van der Waals surface area contributed by atoms with Gasteiger partial charge >= 0.3 is 0 Å². The lowest BCUT2D eigenvalue weighted by molar-refractivity contribution is -0.385.